The molecule has 5 nitrogen and oxygen atoms in total. The summed E-state index contributed by atoms with van der Waals surface area (Å²) in [6, 6.07) is 21.1. The molecule has 0 saturated heterocycles. The number of nitrogens with one attached hydrogen (secondary N) is 2. The van der Waals surface area contributed by atoms with Gasteiger partial charge in [-0.2, -0.15) is 5.10 Å². The maximum atomic E-state index is 12.3. The van der Waals surface area contributed by atoms with Crippen LogP contribution in [0, 0.1) is 0 Å². The molecule has 0 atom stereocenters. The number of hydrogen-bond acceptors (Lipinski definition) is 3. The average molecular weight is 471 g/mol. The number of halogens is 2. The van der Waals surface area contributed by atoms with Crippen molar-refractivity contribution in [1.29, 1.82) is 0 Å². The van der Waals surface area contributed by atoms with Crippen molar-refractivity contribution >= 4 is 50.7 Å². The molecular formula is C22H17BrClN3O2. The predicted octanol–water partition coefficient (Wildman–Crippen LogP) is 5.51. The third-order valence-corrected chi connectivity index (χ3v) is 4.91. The Kier molecular flexibility index (Phi) is 6.80. The summed E-state index contributed by atoms with van der Waals surface area (Å²) in [6.45, 7) is 1.79. The molecule has 7 heteroatoms. The molecule has 2 amide bonds. The van der Waals surface area contributed by atoms with Gasteiger partial charge in [0.2, 0.25) is 0 Å². The molecule has 0 aliphatic rings. The van der Waals surface area contributed by atoms with Crippen molar-refractivity contribution in [2.75, 3.05) is 5.32 Å². The van der Waals surface area contributed by atoms with Gasteiger partial charge >= 0.3 is 0 Å². The van der Waals surface area contributed by atoms with Gasteiger partial charge in [0.15, 0.2) is 0 Å². The Bertz CT molecular complexity index is 1080. The highest BCUT2D eigenvalue weighted by atomic mass is 79.9. The second-order valence-corrected chi connectivity index (χ2v) is 7.48. The van der Waals surface area contributed by atoms with E-state index in [4.69, 9.17) is 11.6 Å². The van der Waals surface area contributed by atoms with E-state index in [0.717, 1.165) is 10.0 Å². The van der Waals surface area contributed by atoms with Crippen molar-refractivity contribution in [2.45, 2.75) is 6.92 Å². The molecule has 29 heavy (non-hydrogen) atoms. The lowest BCUT2D eigenvalue weighted by Gasteiger charge is -2.08. The Morgan fingerprint density at radius 3 is 2.31 bits per heavy atom. The van der Waals surface area contributed by atoms with Gasteiger partial charge in [-0.25, -0.2) is 5.43 Å². The molecule has 0 unspecified atom stereocenters. The van der Waals surface area contributed by atoms with Gasteiger partial charge in [0.25, 0.3) is 11.8 Å². The molecule has 3 aromatic carbocycles. The maximum absolute atomic E-state index is 12.3. The Morgan fingerprint density at radius 1 is 0.897 bits per heavy atom. The summed E-state index contributed by atoms with van der Waals surface area (Å²) >= 11 is 9.39. The van der Waals surface area contributed by atoms with Crippen LogP contribution in [0.1, 0.15) is 33.2 Å². The first-order valence-electron chi connectivity index (χ1n) is 8.70. The zero-order valence-electron chi connectivity index (χ0n) is 15.4. The summed E-state index contributed by atoms with van der Waals surface area (Å²) in [6.07, 6.45) is 0. The minimum Gasteiger partial charge on any atom is -0.322 e. The Labute approximate surface area is 181 Å². The Balaban J connectivity index is 1.64. The molecule has 0 fully saturated rings. The fourth-order valence-corrected chi connectivity index (χ4v) is 3.15. The van der Waals surface area contributed by atoms with E-state index in [9.17, 15) is 9.59 Å². The number of carbonyl (C=O) groups excluding carboxylic acids is 2. The van der Waals surface area contributed by atoms with Gasteiger partial charge in [-0.3, -0.25) is 9.59 Å². The third kappa shape index (κ3) is 5.53. The van der Waals surface area contributed by atoms with E-state index in [-0.39, 0.29) is 11.8 Å². The van der Waals surface area contributed by atoms with Gasteiger partial charge in [-0.15, -0.1) is 0 Å². The van der Waals surface area contributed by atoms with Crippen LogP contribution in [0.3, 0.4) is 0 Å². The van der Waals surface area contributed by atoms with E-state index in [0.29, 0.717) is 27.5 Å². The Morgan fingerprint density at radius 2 is 1.62 bits per heavy atom. The lowest BCUT2D eigenvalue weighted by Crippen LogP contribution is -2.19. The highest BCUT2D eigenvalue weighted by molar-refractivity contribution is 9.10. The summed E-state index contributed by atoms with van der Waals surface area (Å²) in [7, 11) is 0. The van der Waals surface area contributed by atoms with Crippen LogP contribution in [0.4, 0.5) is 5.69 Å². The highest BCUT2D eigenvalue weighted by Gasteiger charge is 2.10. The van der Waals surface area contributed by atoms with E-state index in [2.05, 4.69) is 31.8 Å². The Hall–Kier alpha value is -2.96. The summed E-state index contributed by atoms with van der Waals surface area (Å²) in [4.78, 5) is 24.5. The van der Waals surface area contributed by atoms with Crippen molar-refractivity contribution in [3.63, 3.8) is 0 Å². The number of amides is 2. The molecule has 146 valence electrons. The lowest BCUT2D eigenvalue weighted by atomic mass is 10.1. The van der Waals surface area contributed by atoms with Crippen LogP contribution in [0.25, 0.3) is 0 Å². The van der Waals surface area contributed by atoms with E-state index in [1.807, 2.05) is 18.2 Å². The van der Waals surface area contributed by atoms with E-state index in [1.165, 1.54) is 0 Å². The fraction of sp³-hybridized carbons (Fsp3) is 0.0455. The van der Waals surface area contributed by atoms with Crippen molar-refractivity contribution in [3.8, 4) is 0 Å². The molecule has 0 bridgehead atoms. The zero-order chi connectivity index (χ0) is 20.8. The second kappa shape index (κ2) is 9.49. The van der Waals surface area contributed by atoms with E-state index >= 15 is 0 Å². The number of rotatable bonds is 5. The molecule has 0 aliphatic carbocycles. The zero-order valence-corrected chi connectivity index (χ0v) is 17.8. The lowest BCUT2D eigenvalue weighted by molar-refractivity contribution is 0.0954. The average Bonchev–Trinajstić information content (AvgIpc) is 2.72. The number of carbonyl (C=O) groups is 2. The van der Waals surface area contributed by atoms with Crippen molar-refractivity contribution in [1.82, 2.24) is 5.43 Å². The van der Waals surface area contributed by atoms with E-state index < -0.39 is 0 Å². The van der Waals surface area contributed by atoms with Crippen molar-refractivity contribution in [3.05, 3.63) is 99.0 Å². The standard InChI is InChI=1S/C22H17BrClN3O2/c1-14(26-27-21(28)16-5-4-6-17(23)13-16)15-9-11-18(12-10-15)25-22(29)19-7-2-3-8-20(19)24/h2-13H,1H3,(H,25,29)(H,27,28)/b26-14+. The number of hydrogen-bond donors (Lipinski definition) is 2. The van der Waals surface area contributed by atoms with Crippen LogP contribution in [-0.4, -0.2) is 17.5 Å². The van der Waals surface area contributed by atoms with Crippen LogP contribution in [0.5, 0.6) is 0 Å². The molecule has 0 heterocycles. The molecule has 0 aliphatic heterocycles. The van der Waals surface area contributed by atoms with Gasteiger partial charge < -0.3 is 5.32 Å². The molecule has 0 spiro atoms. The largest absolute Gasteiger partial charge is 0.322 e. The molecule has 0 aromatic heterocycles. The second-order valence-electron chi connectivity index (χ2n) is 6.16. The van der Waals surface area contributed by atoms with Crippen molar-refractivity contribution in [2.24, 2.45) is 5.10 Å². The van der Waals surface area contributed by atoms with Crippen LogP contribution in [-0.2, 0) is 0 Å². The van der Waals surface area contributed by atoms with Crippen molar-refractivity contribution < 1.29 is 9.59 Å². The van der Waals surface area contributed by atoms with Crippen LogP contribution in [0.15, 0.2) is 82.4 Å². The topological polar surface area (TPSA) is 70.6 Å². The minimum atomic E-state index is -0.297. The third-order valence-electron chi connectivity index (χ3n) is 4.09. The highest BCUT2D eigenvalue weighted by Crippen LogP contribution is 2.18. The normalized spacial score (nSPS) is 11.1. The predicted molar refractivity (Wildman–Crippen MR) is 120 cm³/mol. The first-order chi connectivity index (χ1) is 13.9. The molecule has 0 radical (unpaired) electrons. The molecule has 3 rings (SSSR count). The number of hydrazone groups is 1. The van der Waals surface area contributed by atoms with Crippen LogP contribution >= 0.6 is 27.5 Å². The first kappa shape index (κ1) is 20.8. The van der Waals surface area contributed by atoms with Gasteiger partial charge in [0.1, 0.15) is 0 Å². The summed E-state index contributed by atoms with van der Waals surface area (Å²) < 4.78 is 0.820. The van der Waals surface area contributed by atoms with Crippen LogP contribution in [0.2, 0.25) is 5.02 Å². The molecule has 2 N–H and O–H groups in total. The number of benzene rings is 3. The molecular weight excluding hydrogens is 454 g/mol. The SMILES string of the molecule is C/C(=N\NC(=O)c1cccc(Br)c1)c1ccc(NC(=O)c2ccccc2Cl)cc1. The number of anilines is 1. The van der Waals surface area contributed by atoms with Gasteiger partial charge in [-0.05, 0) is 55.0 Å². The smallest absolute Gasteiger partial charge is 0.271 e. The van der Waals surface area contributed by atoms with Gasteiger partial charge in [0, 0.05) is 15.7 Å². The van der Waals surface area contributed by atoms with Crippen LogP contribution < -0.4 is 10.7 Å². The molecule has 3 aromatic rings. The monoisotopic (exact) mass is 469 g/mol. The van der Waals surface area contributed by atoms with E-state index in [1.54, 1.807) is 61.5 Å². The van der Waals surface area contributed by atoms with Gasteiger partial charge in [0.05, 0.1) is 16.3 Å². The molecule has 0 saturated carbocycles. The van der Waals surface area contributed by atoms with Gasteiger partial charge in [-0.1, -0.05) is 57.9 Å². The first-order valence-corrected chi connectivity index (χ1v) is 9.87. The maximum Gasteiger partial charge on any atom is 0.271 e. The summed E-state index contributed by atoms with van der Waals surface area (Å²) in [5.41, 5.74) is 5.54. The summed E-state index contributed by atoms with van der Waals surface area (Å²) in [5, 5.41) is 7.35. The quantitative estimate of drug-likeness (QED) is 0.381. The summed E-state index contributed by atoms with van der Waals surface area (Å²) in [5.74, 6) is -0.579. The fourth-order valence-electron chi connectivity index (χ4n) is 2.53. The number of nitrogens with zero attached hydrogens (tertiary/aromatic N) is 1. The minimum absolute atomic E-state index is 0.282.